The van der Waals surface area contributed by atoms with E-state index >= 15 is 0 Å². The highest BCUT2D eigenvalue weighted by Crippen LogP contribution is 1.85. The van der Waals surface area contributed by atoms with E-state index in [-0.39, 0.29) is 24.8 Å². The smallest absolute Gasteiger partial charge is 0.346 e. The summed E-state index contributed by atoms with van der Waals surface area (Å²) >= 11 is 0. The van der Waals surface area contributed by atoms with E-state index < -0.39 is 0 Å². The molecule has 0 aliphatic heterocycles. The van der Waals surface area contributed by atoms with Crippen LogP contribution in [0.5, 0.6) is 0 Å². The molecule has 0 atom stereocenters. The van der Waals surface area contributed by atoms with Crippen LogP contribution < -0.4 is 39.7 Å². The zero-order chi connectivity index (χ0) is 9.97. The Kier molecular flexibility index (Phi) is 5.77. The molecule has 88 valence electrons. The molecule has 0 bridgehead atoms. The molecule has 2 aromatic rings. The lowest BCUT2D eigenvalue weighted by molar-refractivity contribution is -0.907. The molecule has 0 radical (unpaired) electrons. The maximum absolute atomic E-state index is 5.80. The standard InChI is InChI=1S/C9H12N5.2ClH/c1-12-9(10)14(7-11-12)8-13-5-3-2-4-6-13;;/h2-7,10H,8H2,1H3;2*1H/q+1;;/p-1. The molecular formula is C9H13Cl2N5. The fourth-order valence-electron chi connectivity index (χ4n) is 1.26. The highest BCUT2D eigenvalue weighted by atomic mass is 35.5. The van der Waals surface area contributed by atoms with Gasteiger partial charge < -0.3 is 30.5 Å². The molecule has 2 N–H and O–H groups in total. The van der Waals surface area contributed by atoms with Gasteiger partial charge in [-0.15, -0.1) is 4.68 Å². The van der Waals surface area contributed by atoms with Crippen LogP contribution in [0, 0.1) is 0 Å². The van der Waals surface area contributed by atoms with Crippen molar-refractivity contribution in [3.63, 3.8) is 0 Å². The van der Waals surface area contributed by atoms with Crippen LogP contribution in [-0.4, -0.2) is 9.78 Å². The van der Waals surface area contributed by atoms with Gasteiger partial charge in [0.25, 0.3) is 6.67 Å². The first kappa shape index (κ1) is 14.7. The molecule has 2 rings (SSSR count). The number of nitrogen functional groups attached to an aromatic ring is 1. The van der Waals surface area contributed by atoms with Crippen molar-refractivity contribution in [2.45, 2.75) is 6.67 Å². The number of nitrogens with zero attached hydrogens (tertiary/aromatic N) is 4. The largest absolute Gasteiger partial charge is 1.00 e. The lowest BCUT2D eigenvalue weighted by atomic mass is 10.5. The van der Waals surface area contributed by atoms with Gasteiger partial charge in [-0.2, -0.15) is 9.13 Å². The van der Waals surface area contributed by atoms with E-state index in [0.717, 1.165) is 0 Å². The average molecular weight is 262 g/mol. The van der Waals surface area contributed by atoms with E-state index in [2.05, 4.69) is 5.10 Å². The highest BCUT2D eigenvalue weighted by Gasteiger charge is 2.12. The van der Waals surface area contributed by atoms with E-state index in [1.54, 1.807) is 11.0 Å². The molecule has 7 heteroatoms. The first-order valence-electron chi connectivity index (χ1n) is 4.38. The maximum Gasteiger partial charge on any atom is 0.346 e. The summed E-state index contributed by atoms with van der Waals surface area (Å²) in [6, 6.07) is 5.94. The van der Waals surface area contributed by atoms with Gasteiger partial charge in [-0.3, -0.25) is 0 Å². The number of aromatic nitrogens is 4. The van der Waals surface area contributed by atoms with Crippen molar-refractivity contribution in [3.8, 4) is 0 Å². The Bertz CT molecular complexity index is 429. The molecule has 0 saturated carbocycles. The Morgan fingerprint density at radius 3 is 2.38 bits per heavy atom. The van der Waals surface area contributed by atoms with Crippen LogP contribution >= 0.6 is 0 Å². The Balaban J connectivity index is 0.00000112. The van der Waals surface area contributed by atoms with Crippen LogP contribution in [0.3, 0.4) is 0 Å². The number of rotatable bonds is 2. The molecule has 0 amide bonds. The topological polar surface area (TPSA) is 51.6 Å². The van der Waals surface area contributed by atoms with Gasteiger partial charge in [0.1, 0.15) is 0 Å². The first-order chi connectivity index (χ1) is 6.77. The summed E-state index contributed by atoms with van der Waals surface area (Å²) in [5.41, 5.74) is 5.80. The first-order valence-corrected chi connectivity index (χ1v) is 4.38. The average Bonchev–Trinajstić information content (AvgIpc) is 2.52. The molecule has 0 spiro atoms. The van der Waals surface area contributed by atoms with Gasteiger partial charge in [-0.05, 0) is 5.10 Å². The molecule has 0 unspecified atom stereocenters. The van der Waals surface area contributed by atoms with Crippen molar-refractivity contribution in [3.05, 3.63) is 36.9 Å². The minimum Gasteiger partial charge on any atom is -1.00 e. The second-order valence-electron chi connectivity index (χ2n) is 3.11. The molecule has 0 fully saturated rings. The number of pyridine rings is 1. The van der Waals surface area contributed by atoms with Crippen molar-refractivity contribution < 1.29 is 33.9 Å². The third-order valence-corrected chi connectivity index (χ3v) is 2.08. The van der Waals surface area contributed by atoms with E-state index in [1.807, 2.05) is 46.8 Å². The second kappa shape index (κ2) is 6.30. The monoisotopic (exact) mass is 261 g/mol. The molecule has 5 nitrogen and oxygen atoms in total. The van der Waals surface area contributed by atoms with E-state index in [4.69, 9.17) is 5.73 Å². The number of aryl methyl sites for hydroxylation is 1. The Morgan fingerprint density at radius 2 is 1.88 bits per heavy atom. The lowest BCUT2D eigenvalue weighted by Gasteiger charge is -1.94. The molecule has 2 aromatic heterocycles. The quantitative estimate of drug-likeness (QED) is 0.547. The van der Waals surface area contributed by atoms with Gasteiger partial charge >= 0.3 is 5.95 Å². The highest BCUT2D eigenvalue weighted by molar-refractivity contribution is 5.02. The van der Waals surface area contributed by atoms with Gasteiger partial charge in [-0.25, -0.2) is 0 Å². The van der Waals surface area contributed by atoms with Crippen LogP contribution in [0.2, 0.25) is 0 Å². The van der Waals surface area contributed by atoms with E-state index in [9.17, 15) is 0 Å². The zero-order valence-electron chi connectivity index (χ0n) is 8.79. The number of hydrogen-bond acceptors (Lipinski definition) is 2. The van der Waals surface area contributed by atoms with Gasteiger partial charge in [0, 0.05) is 12.1 Å². The fourth-order valence-corrected chi connectivity index (χ4v) is 1.26. The molecule has 0 saturated heterocycles. The third kappa shape index (κ3) is 3.08. The summed E-state index contributed by atoms with van der Waals surface area (Å²) in [7, 11) is 1.82. The number of hydrogen-bond donors (Lipinski definition) is 1. The van der Waals surface area contributed by atoms with Crippen molar-refractivity contribution in [2.24, 2.45) is 7.05 Å². The van der Waals surface area contributed by atoms with Crippen LogP contribution in [0.25, 0.3) is 0 Å². The fraction of sp³-hybridized carbons (Fsp3) is 0.222. The van der Waals surface area contributed by atoms with Gasteiger partial charge in [0.15, 0.2) is 12.4 Å². The molecule has 0 aromatic carbocycles. The molecule has 0 aliphatic rings. The predicted molar refractivity (Wildman–Crippen MR) is 49.9 cm³/mol. The van der Waals surface area contributed by atoms with Crippen LogP contribution in [0.4, 0.5) is 5.95 Å². The van der Waals surface area contributed by atoms with Crippen molar-refractivity contribution in [1.29, 1.82) is 0 Å². The van der Waals surface area contributed by atoms with Crippen LogP contribution in [0.1, 0.15) is 0 Å². The zero-order valence-corrected chi connectivity index (χ0v) is 10.3. The summed E-state index contributed by atoms with van der Waals surface area (Å²) < 4.78 is 5.54. The molecular weight excluding hydrogens is 249 g/mol. The van der Waals surface area contributed by atoms with Gasteiger partial charge in [0.05, 0.1) is 7.05 Å². The van der Waals surface area contributed by atoms with Crippen molar-refractivity contribution in [1.82, 2.24) is 9.78 Å². The minimum absolute atomic E-state index is 0. The second-order valence-corrected chi connectivity index (χ2v) is 3.11. The summed E-state index contributed by atoms with van der Waals surface area (Å²) in [4.78, 5) is 0. The normalized spacial score (nSPS) is 9.06. The molecule has 16 heavy (non-hydrogen) atoms. The van der Waals surface area contributed by atoms with Crippen molar-refractivity contribution >= 4 is 5.95 Å². The summed E-state index contributed by atoms with van der Waals surface area (Å²) in [6.45, 7) is 0.681. The predicted octanol–water partition coefficient (Wildman–Crippen LogP) is -6.91. The van der Waals surface area contributed by atoms with E-state index in [1.165, 1.54) is 0 Å². The number of halogens is 2. The Hall–Kier alpha value is -1.33. The maximum atomic E-state index is 5.80. The summed E-state index contributed by atoms with van der Waals surface area (Å²) in [6.07, 6.45) is 5.69. The lowest BCUT2D eigenvalue weighted by Crippen LogP contribution is -3.00. The van der Waals surface area contributed by atoms with E-state index in [0.29, 0.717) is 12.6 Å². The Labute approximate surface area is 106 Å². The van der Waals surface area contributed by atoms with Gasteiger partial charge in [0.2, 0.25) is 6.33 Å². The summed E-state index contributed by atoms with van der Waals surface area (Å²) in [5.74, 6) is 0.640. The van der Waals surface area contributed by atoms with Crippen LogP contribution in [0.15, 0.2) is 36.9 Å². The number of nitrogens with two attached hydrogens (primary N) is 1. The SMILES string of the molecule is Cn1nc[n+](C[n+]2ccccc2)c1N.[Cl-].[Cl-]. The molecule has 2 heterocycles. The summed E-state index contributed by atoms with van der Waals surface area (Å²) in [5, 5.41) is 4.05. The number of anilines is 1. The Morgan fingerprint density at radius 1 is 1.25 bits per heavy atom. The minimum atomic E-state index is 0. The van der Waals surface area contributed by atoms with Crippen molar-refractivity contribution in [2.75, 3.05) is 5.73 Å². The third-order valence-electron chi connectivity index (χ3n) is 2.08. The van der Waals surface area contributed by atoms with Crippen LogP contribution in [-0.2, 0) is 13.7 Å². The molecule has 0 aliphatic carbocycles. The van der Waals surface area contributed by atoms with Gasteiger partial charge in [-0.1, -0.05) is 6.07 Å².